The van der Waals surface area contributed by atoms with Crippen molar-refractivity contribution in [1.29, 1.82) is 0 Å². The van der Waals surface area contributed by atoms with Crippen LogP contribution >= 0.6 is 0 Å². The van der Waals surface area contributed by atoms with Crippen LogP contribution in [0.3, 0.4) is 0 Å². The van der Waals surface area contributed by atoms with Crippen LogP contribution in [-0.2, 0) is 43.1 Å². The minimum atomic E-state index is -1.02. The summed E-state index contributed by atoms with van der Waals surface area (Å²) in [5.74, 6) is 0.792. The molecule has 2 unspecified atom stereocenters. The van der Waals surface area contributed by atoms with Crippen LogP contribution in [0, 0.1) is 0 Å². The molecule has 35 heteroatoms. The van der Waals surface area contributed by atoms with E-state index in [0.29, 0.717) is 143 Å². The number of anilines is 15. The Morgan fingerprint density at radius 1 is 0.537 bits per heavy atom. The first kappa shape index (κ1) is 97.3. The number of aliphatic carboxylic acids is 1. The zero-order chi connectivity index (χ0) is 83.2. The fraction of sp³-hybridized carbons (Fsp3) is 0.330. The number of fused-ring (bicyclic) bond motifs is 5. The van der Waals surface area contributed by atoms with Crippen molar-refractivity contribution in [3.63, 3.8) is 0 Å². The number of carboxylic acids is 2. The summed E-state index contributed by atoms with van der Waals surface area (Å²) >= 11 is 0. The molecule has 646 valence electrons. The van der Waals surface area contributed by atoms with Gasteiger partial charge in [0.2, 0.25) is 17.8 Å². The first-order valence-corrected chi connectivity index (χ1v) is 39.1. The molecule has 0 radical (unpaired) electrons. The summed E-state index contributed by atoms with van der Waals surface area (Å²) in [6.45, 7) is 3.85. The number of nitrogens with zero attached hydrogens (tertiary/aromatic N) is 13. The number of nitrogens with two attached hydrogens (primary N) is 2. The van der Waals surface area contributed by atoms with E-state index in [9.17, 15) is 33.9 Å². The Kier molecular flexibility index (Phi) is 37.0. The Balaban J connectivity index is 0.000000238. The van der Waals surface area contributed by atoms with Gasteiger partial charge in [-0.15, -0.1) is 0 Å². The van der Waals surface area contributed by atoms with Gasteiger partial charge in [-0.05, 0) is 215 Å². The summed E-state index contributed by atoms with van der Waals surface area (Å²) in [5.41, 5.74) is 24.1. The van der Waals surface area contributed by atoms with Crippen LogP contribution in [0.15, 0.2) is 176 Å². The molecule has 9 heterocycles. The van der Waals surface area contributed by atoms with Crippen LogP contribution in [0.5, 0.6) is 0 Å². The molecule has 15 rings (SSSR count). The van der Waals surface area contributed by atoms with Crippen molar-refractivity contribution >= 4 is 139 Å². The largest absolute Gasteiger partial charge is 1.00 e. The number of amides is 2. The van der Waals surface area contributed by atoms with Crippen LogP contribution in [0.4, 0.5) is 86.4 Å². The number of aryl methyl sites for hydroxylation is 3. The van der Waals surface area contributed by atoms with E-state index in [2.05, 4.69) is 95.8 Å². The second-order valence-electron chi connectivity index (χ2n) is 29.2. The Labute approximate surface area is 738 Å². The molecule has 6 aromatic carbocycles. The predicted octanol–water partition coefficient (Wildman–Crippen LogP) is 11.5. The zero-order valence-electron chi connectivity index (χ0n) is 68.2. The number of hydrogen-bond acceptors (Lipinski definition) is 27. The molecule has 3 aliphatic heterocycles. The number of hydrogen-bond donors (Lipinski definition) is 12. The van der Waals surface area contributed by atoms with Crippen LogP contribution in [-0.4, -0.2) is 196 Å². The number of aromatic carboxylic acids is 1. The van der Waals surface area contributed by atoms with Crippen molar-refractivity contribution in [2.45, 2.75) is 124 Å². The zero-order valence-corrected chi connectivity index (χ0v) is 70.2. The number of rotatable bonds is 25. The number of esters is 2. The molecule has 2 atom stereocenters. The molecular formula is C88H112N23NaO11. The third-order valence-electron chi connectivity index (χ3n) is 20.0. The molecule has 0 spiro atoms. The van der Waals surface area contributed by atoms with Gasteiger partial charge in [0.05, 0.1) is 43.9 Å². The van der Waals surface area contributed by atoms with Gasteiger partial charge < -0.3 is 93.9 Å². The standard InChI is InChI=1S/C29H33N9O2.C26H28N6O4.C24H24N6O4.C6H14N2.3CH4.Na.H2O/c1-36(2)24-13-14-37(18-24)27(40)19-8-5-9-21(15-19)33-29-35-28-32-23-11-6-10-22(16-23)31-25(39)12-4-3-7-20-17-30-38(29)26(20)34-28;1-35-24(33)12-4-3-7-18-16-28-32-23(30-20-10-5-8-17(13-20)26(34)36-2)15-22(31-25(18)32)29-21-11-6-9-19(27)14-21;25-17-7-4-9-19(12-17)27-20-13-21(28-18-8-3-6-15(11-18)24(33)34)30-23(29-20)16(14-26-30)5-1-2-10-22(31)32;1-8(2)6-3-4-7-5-6;;;;;/h5-6,8-11,15-17,24H,3-4,7,12-14,18H2,1-2H3,(H,31,39)(H2,32,33,34,35);5-6,8-11,13-16,30H,3-4,7,12,27H2,1-2H3,(H,29,31);3-4,6-9,11-14,28H,1-2,5,10,25H2,(H,27,29)(H,31,32)(H,33,34);6-7H,3-5H2,1-2H3;3*1H4;;1H2/q;;;;;;;+1;/p-1. The van der Waals surface area contributed by atoms with E-state index in [1.807, 2.05) is 102 Å². The quantitative estimate of drug-likeness (QED) is 0.0109. The number of likely N-dealkylation sites (tertiary alicyclic amines) is 1. The number of methoxy groups -OCH3 is 2. The van der Waals surface area contributed by atoms with E-state index in [4.69, 9.17) is 46.0 Å². The molecule has 123 heavy (non-hydrogen) atoms. The maximum absolute atomic E-state index is 13.3. The Hall–Kier alpha value is -12.8. The van der Waals surface area contributed by atoms with E-state index >= 15 is 0 Å². The second-order valence-corrected chi connectivity index (χ2v) is 29.2. The SMILES string of the molecule is C.C.C.CN(C)C1CCN(C(=O)c2cccc(Nc3nc4nc5c(cnn35)CCCCC(=O)Nc3cccc(c3)N4)c2)C1.CN(C)C1CCNC1.COC(=O)CCCCc1cnn2c(Nc3cccc(C(=O)OC)c3)cc(Nc3cccc(N)c3)nc12.Nc1cccc(Nc2cc(Nc3cccc(C(=O)O)c3)n3ncc(CCCCC(=O)O)c3n2)c1.[Na+].[OH-]. The summed E-state index contributed by atoms with van der Waals surface area (Å²) in [6.07, 6.45) is 14.9. The number of nitrogen functional groups attached to an aromatic ring is 2. The molecule has 2 amide bonds. The smallest absolute Gasteiger partial charge is 0.870 e. The number of nitrogens with one attached hydrogen (secondary N) is 8. The summed E-state index contributed by atoms with van der Waals surface area (Å²) in [7, 11) is 11.1. The average Bonchev–Trinajstić information content (AvgIpc) is 1.67. The van der Waals surface area contributed by atoms with Gasteiger partial charge in [-0.25, -0.2) is 19.6 Å². The van der Waals surface area contributed by atoms with E-state index in [1.54, 1.807) is 80.7 Å². The van der Waals surface area contributed by atoms with Gasteiger partial charge in [0, 0.05) is 137 Å². The van der Waals surface area contributed by atoms with Gasteiger partial charge in [-0.1, -0.05) is 58.7 Å². The van der Waals surface area contributed by atoms with Crippen LogP contribution < -0.4 is 83.6 Å². The Morgan fingerprint density at radius 3 is 1.58 bits per heavy atom. The summed E-state index contributed by atoms with van der Waals surface area (Å²) in [4.78, 5) is 96.6. The van der Waals surface area contributed by atoms with Crippen molar-refractivity contribution < 1.29 is 83.5 Å². The van der Waals surface area contributed by atoms with Crippen molar-refractivity contribution in [1.82, 2.24) is 68.8 Å². The fourth-order valence-corrected chi connectivity index (χ4v) is 13.7. The van der Waals surface area contributed by atoms with Crippen LogP contribution in [0.25, 0.3) is 16.9 Å². The minimum Gasteiger partial charge on any atom is -0.870 e. The molecule has 12 aromatic rings. The first-order chi connectivity index (χ1) is 57.1. The molecule has 0 saturated carbocycles. The van der Waals surface area contributed by atoms with Gasteiger partial charge in [-0.2, -0.15) is 38.8 Å². The monoisotopic (exact) mass is 1690 g/mol. The number of benzene rings is 6. The summed E-state index contributed by atoms with van der Waals surface area (Å²) in [6, 6.07) is 47.9. The van der Waals surface area contributed by atoms with Crippen molar-refractivity contribution in [3.8, 4) is 0 Å². The van der Waals surface area contributed by atoms with Gasteiger partial charge in [0.25, 0.3) is 5.91 Å². The summed E-state index contributed by atoms with van der Waals surface area (Å²) in [5, 5.41) is 57.8. The van der Waals surface area contributed by atoms with E-state index < -0.39 is 17.9 Å². The number of likely N-dealkylation sites (N-methyl/N-ethyl adjacent to an activating group) is 2. The van der Waals surface area contributed by atoms with E-state index in [0.717, 1.165) is 90.7 Å². The van der Waals surface area contributed by atoms with E-state index in [1.165, 1.54) is 45.9 Å². The summed E-state index contributed by atoms with van der Waals surface area (Å²) < 4.78 is 14.6. The molecule has 0 aliphatic carbocycles. The number of aromatic nitrogens is 10. The third-order valence-corrected chi connectivity index (χ3v) is 20.0. The molecule has 34 nitrogen and oxygen atoms in total. The van der Waals surface area contributed by atoms with Gasteiger partial charge in [0.15, 0.2) is 16.9 Å². The maximum atomic E-state index is 13.3. The number of ether oxygens (including phenoxy) is 2. The van der Waals surface area contributed by atoms with Crippen molar-refractivity contribution in [2.75, 3.05) is 117 Å². The number of carboxylic acid groups (broad SMARTS) is 2. The molecule has 2 fully saturated rings. The van der Waals surface area contributed by atoms with Crippen molar-refractivity contribution in [3.05, 3.63) is 210 Å². The third kappa shape index (κ3) is 27.1. The molecule has 3 aliphatic rings. The predicted molar refractivity (Wildman–Crippen MR) is 478 cm³/mol. The molecular weight excluding hydrogens is 1580 g/mol. The topological polar surface area (TPSA) is 453 Å². The normalized spacial score (nSPS) is 13.8. The Bertz CT molecular complexity index is 5540. The molecule has 4 bridgehead atoms. The first-order valence-electron chi connectivity index (χ1n) is 39.1. The number of carbonyl (C=O) groups is 6. The minimum absolute atomic E-state index is 0. The fourth-order valence-electron chi connectivity index (χ4n) is 13.7. The Morgan fingerprint density at radius 2 is 1.05 bits per heavy atom. The number of carbonyl (C=O) groups excluding carboxylic acids is 4. The average molecular weight is 1690 g/mol. The van der Waals surface area contributed by atoms with E-state index in [-0.39, 0.29) is 87.1 Å². The molecule has 2 saturated heterocycles. The van der Waals surface area contributed by atoms with Crippen LogP contribution in [0.1, 0.15) is 141 Å². The maximum Gasteiger partial charge on any atom is 1.00 e. The molecule has 6 aromatic heterocycles. The van der Waals surface area contributed by atoms with Gasteiger partial charge >= 0.3 is 53.4 Å². The van der Waals surface area contributed by atoms with Gasteiger partial charge in [-0.3, -0.25) is 19.2 Å². The van der Waals surface area contributed by atoms with Gasteiger partial charge in [0.1, 0.15) is 23.3 Å². The van der Waals surface area contributed by atoms with Crippen LogP contribution in [0.2, 0.25) is 0 Å². The van der Waals surface area contributed by atoms with Crippen molar-refractivity contribution in [2.24, 2.45) is 0 Å². The number of unbranched alkanes of at least 4 members (excludes halogenated alkanes) is 2. The molecule has 15 N–H and O–H groups in total. The second kappa shape index (κ2) is 46.8.